The number of nitrogens with one attached hydrogen (secondary N) is 1. The van der Waals surface area contributed by atoms with Crippen molar-refractivity contribution in [1.29, 1.82) is 0 Å². The first kappa shape index (κ1) is 12.7. The molecule has 2 nitrogen and oxygen atoms in total. The summed E-state index contributed by atoms with van der Waals surface area (Å²) in [4.78, 5) is 2.22. The third kappa shape index (κ3) is 8.00. The minimum atomic E-state index is 0.500. The van der Waals surface area contributed by atoms with Crippen LogP contribution in [-0.4, -0.2) is 38.1 Å². The summed E-state index contributed by atoms with van der Waals surface area (Å²) in [7, 11) is 4.22. The zero-order valence-electron chi connectivity index (χ0n) is 9.72. The molecule has 78 valence electrons. The number of hydrogen-bond acceptors (Lipinski definition) is 2. The third-order valence-corrected chi connectivity index (χ3v) is 1.75. The molecular weight excluding hydrogens is 160 g/mol. The highest BCUT2D eigenvalue weighted by Gasteiger charge is 2.04. The molecule has 1 N–H and O–H groups in total. The fourth-order valence-electron chi connectivity index (χ4n) is 1.30. The summed E-state index contributed by atoms with van der Waals surface area (Å²) in [5, 5.41) is 3.51. The van der Waals surface area contributed by atoms with Gasteiger partial charge in [-0.05, 0) is 40.9 Å². The Labute approximate surface area is 83.0 Å². The van der Waals surface area contributed by atoms with E-state index in [1.54, 1.807) is 0 Å². The number of rotatable bonds is 6. The minimum Gasteiger partial charge on any atom is -0.309 e. The Morgan fingerprint density at radius 1 is 1.38 bits per heavy atom. The highest BCUT2D eigenvalue weighted by molar-refractivity contribution is 5.01. The molecule has 0 radical (unpaired) electrons. The fourth-order valence-corrected chi connectivity index (χ4v) is 1.30. The first-order valence-corrected chi connectivity index (χ1v) is 5.09. The van der Waals surface area contributed by atoms with E-state index in [0.29, 0.717) is 6.04 Å². The highest BCUT2D eigenvalue weighted by Crippen LogP contribution is 1.96. The van der Waals surface area contributed by atoms with Crippen LogP contribution in [-0.2, 0) is 0 Å². The second-order valence-electron chi connectivity index (χ2n) is 4.07. The first-order valence-electron chi connectivity index (χ1n) is 5.09. The highest BCUT2D eigenvalue weighted by atomic mass is 15.1. The van der Waals surface area contributed by atoms with Crippen LogP contribution in [0, 0.1) is 0 Å². The Kier molecular flexibility index (Phi) is 6.92. The molecule has 2 heteroatoms. The summed E-state index contributed by atoms with van der Waals surface area (Å²) in [5.74, 6) is 0. The van der Waals surface area contributed by atoms with E-state index < -0.39 is 0 Å². The van der Waals surface area contributed by atoms with Gasteiger partial charge in [0.15, 0.2) is 0 Å². The van der Waals surface area contributed by atoms with Gasteiger partial charge in [0, 0.05) is 12.6 Å². The Morgan fingerprint density at radius 2 is 2.00 bits per heavy atom. The van der Waals surface area contributed by atoms with Crippen LogP contribution in [0.1, 0.15) is 27.2 Å². The van der Waals surface area contributed by atoms with Gasteiger partial charge in [-0.1, -0.05) is 18.6 Å². The molecule has 0 heterocycles. The van der Waals surface area contributed by atoms with Gasteiger partial charge in [0.2, 0.25) is 0 Å². The lowest BCUT2D eigenvalue weighted by atomic mass is 10.2. The predicted molar refractivity (Wildman–Crippen MR) is 60.1 cm³/mol. The van der Waals surface area contributed by atoms with Crippen LogP contribution >= 0.6 is 0 Å². The largest absolute Gasteiger partial charge is 0.309 e. The summed E-state index contributed by atoms with van der Waals surface area (Å²) in [6.07, 6.45) is 3.50. The van der Waals surface area contributed by atoms with Crippen LogP contribution in [0.3, 0.4) is 0 Å². The summed E-state index contributed by atoms with van der Waals surface area (Å²) in [6, 6.07) is 0.500. The standard InChI is InChI=1S/C11H24N2/c1-6-7-12-11(8-10(2)3)9-13(4)5/h8,11-12H,6-7,9H2,1-5H3. The van der Waals surface area contributed by atoms with Crippen LogP contribution in [0.15, 0.2) is 11.6 Å². The second kappa shape index (κ2) is 7.10. The molecule has 0 saturated carbocycles. The smallest absolute Gasteiger partial charge is 0.0380 e. The first-order chi connectivity index (χ1) is 6.06. The molecule has 0 rings (SSSR count). The van der Waals surface area contributed by atoms with Crippen molar-refractivity contribution < 1.29 is 0 Å². The molecule has 0 aromatic carbocycles. The van der Waals surface area contributed by atoms with Gasteiger partial charge in [-0.15, -0.1) is 0 Å². The lowest BCUT2D eigenvalue weighted by Crippen LogP contribution is -2.37. The fraction of sp³-hybridized carbons (Fsp3) is 0.818. The number of nitrogens with zero attached hydrogens (tertiary/aromatic N) is 1. The molecular formula is C11H24N2. The van der Waals surface area contributed by atoms with E-state index in [9.17, 15) is 0 Å². The maximum Gasteiger partial charge on any atom is 0.0380 e. The Morgan fingerprint density at radius 3 is 2.38 bits per heavy atom. The third-order valence-electron chi connectivity index (χ3n) is 1.75. The molecule has 0 fully saturated rings. The van der Waals surface area contributed by atoms with Gasteiger partial charge in [-0.25, -0.2) is 0 Å². The molecule has 1 unspecified atom stereocenters. The molecule has 0 aromatic rings. The van der Waals surface area contributed by atoms with Crippen LogP contribution < -0.4 is 5.32 Å². The van der Waals surface area contributed by atoms with Crippen molar-refractivity contribution in [3.63, 3.8) is 0 Å². The quantitative estimate of drug-likeness (QED) is 0.634. The Balaban J connectivity index is 3.95. The Bertz CT molecular complexity index is 146. The maximum absolute atomic E-state index is 3.51. The van der Waals surface area contributed by atoms with Crippen molar-refractivity contribution >= 4 is 0 Å². The van der Waals surface area contributed by atoms with E-state index in [1.165, 1.54) is 12.0 Å². The number of allylic oxidation sites excluding steroid dienone is 1. The Hall–Kier alpha value is -0.340. The van der Waals surface area contributed by atoms with Gasteiger partial charge in [-0.2, -0.15) is 0 Å². The van der Waals surface area contributed by atoms with Gasteiger partial charge in [0.05, 0.1) is 0 Å². The topological polar surface area (TPSA) is 15.3 Å². The summed E-state index contributed by atoms with van der Waals surface area (Å²) in [5.41, 5.74) is 1.38. The summed E-state index contributed by atoms with van der Waals surface area (Å²) >= 11 is 0. The number of hydrogen-bond donors (Lipinski definition) is 1. The molecule has 0 spiro atoms. The molecule has 13 heavy (non-hydrogen) atoms. The SMILES string of the molecule is CCCNC(C=C(C)C)CN(C)C. The van der Waals surface area contributed by atoms with E-state index in [2.05, 4.69) is 51.2 Å². The average molecular weight is 184 g/mol. The molecule has 0 aromatic heterocycles. The molecule has 1 atom stereocenters. The zero-order chi connectivity index (χ0) is 10.3. The summed E-state index contributed by atoms with van der Waals surface area (Å²) < 4.78 is 0. The van der Waals surface area contributed by atoms with Crippen LogP contribution in [0.4, 0.5) is 0 Å². The molecule has 0 amide bonds. The van der Waals surface area contributed by atoms with E-state index in [0.717, 1.165) is 13.1 Å². The van der Waals surface area contributed by atoms with Crippen molar-refractivity contribution in [2.24, 2.45) is 0 Å². The molecule has 0 aliphatic heterocycles. The lowest BCUT2D eigenvalue weighted by Gasteiger charge is -2.19. The number of likely N-dealkylation sites (N-methyl/N-ethyl adjacent to an activating group) is 1. The molecule has 0 bridgehead atoms. The van der Waals surface area contributed by atoms with E-state index >= 15 is 0 Å². The van der Waals surface area contributed by atoms with Gasteiger partial charge < -0.3 is 10.2 Å². The maximum atomic E-state index is 3.51. The normalized spacial score (nSPS) is 13.1. The van der Waals surface area contributed by atoms with Crippen LogP contribution in [0.25, 0.3) is 0 Å². The monoisotopic (exact) mass is 184 g/mol. The van der Waals surface area contributed by atoms with E-state index in [-0.39, 0.29) is 0 Å². The predicted octanol–water partition coefficient (Wildman–Crippen LogP) is 1.88. The lowest BCUT2D eigenvalue weighted by molar-refractivity contribution is 0.366. The average Bonchev–Trinajstić information content (AvgIpc) is 1.98. The van der Waals surface area contributed by atoms with Crippen molar-refractivity contribution in [2.75, 3.05) is 27.2 Å². The summed E-state index contributed by atoms with van der Waals surface area (Å²) in [6.45, 7) is 8.67. The van der Waals surface area contributed by atoms with Crippen molar-refractivity contribution in [1.82, 2.24) is 10.2 Å². The van der Waals surface area contributed by atoms with E-state index in [4.69, 9.17) is 0 Å². The van der Waals surface area contributed by atoms with Gasteiger partial charge in [0.25, 0.3) is 0 Å². The van der Waals surface area contributed by atoms with E-state index in [1.807, 2.05) is 0 Å². The molecule has 0 saturated heterocycles. The minimum absolute atomic E-state index is 0.500. The molecule has 0 aliphatic carbocycles. The van der Waals surface area contributed by atoms with Gasteiger partial charge in [0.1, 0.15) is 0 Å². The van der Waals surface area contributed by atoms with Crippen molar-refractivity contribution in [2.45, 2.75) is 33.2 Å². The molecule has 0 aliphatic rings. The second-order valence-corrected chi connectivity index (χ2v) is 4.07. The van der Waals surface area contributed by atoms with Gasteiger partial charge >= 0.3 is 0 Å². The van der Waals surface area contributed by atoms with Crippen molar-refractivity contribution in [3.8, 4) is 0 Å². The zero-order valence-corrected chi connectivity index (χ0v) is 9.72. The van der Waals surface area contributed by atoms with Crippen LogP contribution in [0.2, 0.25) is 0 Å². The van der Waals surface area contributed by atoms with Gasteiger partial charge in [-0.3, -0.25) is 0 Å². The van der Waals surface area contributed by atoms with Crippen molar-refractivity contribution in [3.05, 3.63) is 11.6 Å². The van der Waals surface area contributed by atoms with Crippen LogP contribution in [0.5, 0.6) is 0 Å².